The fraction of sp³-hybridized carbons (Fsp3) is 0.200. The van der Waals surface area contributed by atoms with E-state index < -0.39 is 0 Å². The summed E-state index contributed by atoms with van der Waals surface area (Å²) in [5.41, 5.74) is 4.93. The maximum atomic E-state index is 12.9. The van der Waals surface area contributed by atoms with Crippen LogP contribution in [0, 0.1) is 6.92 Å². The molecule has 0 bridgehead atoms. The Morgan fingerprint density at radius 3 is 2.53 bits per heavy atom. The minimum Gasteiger partial charge on any atom is -0.319 e. The van der Waals surface area contributed by atoms with Crippen molar-refractivity contribution in [1.29, 1.82) is 0 Å². The highest BCUT2D eigenvalue weighted by molar-refractivity contribution is 6.05. The van der Waals surface area contributed by atoms with E-state index in [4.69, 9.17) is 4.98 Å². The summed E-state index contributed by atoms with van der Waals surface area (Å²) < 4.78 is 1.79. The summed E-state index contributed by atoms with van der Waals surface area (Å²) in [6, 6.07) is 9.22. The molecule has 0 aliphatic carbocycles. The van der Waals surface area contributed by atoms with Gasteiger partial charge in [0.1, 0.15) is 5.82 Å². The molecule has 2 amide bonds. The molecule has 0 radical (unpaired) electrons. The molecule has 0 aliphatic rings. The maximum absolute atomic E-state index is 12.9. The SMILES string of the molecule is CC(=O)Nc1cc(-c2cncc(-c3cc(C(=O)Nc4cnn(C(C)C)c4)ccc3C)n2)ccn1. The number of carbonyl (C=O) groups excluding carboxylic acids is 2. The zero-order chi connectivity index (χ0) is 24.2. The van der Waals surface area contributed by atoms with Crippen LogP contribution in [-0.4, -0.2) is 36.5 Å². The lowest BCUT2D eigenvalue weighted by Crippen LogP contribution is -2.12. The number of nitrogens with zero attached hydrogens (tertiary/aromatic N) is 5. The zero-order valence-electron chi connectivity index (χ0n) is 19.4. The van der Waals surface area contributed by atoms with E-state index in [1.807, 2.05) is 26.8 Å². The molecule has 1 aromatic carbocycles. The molecular weight excluding hydrogens is 430 g/mol. The molecule has 9 nitrogen and oxygen atoms in total. The predicted octanol–water partition coefficient (Wildman–Crippen LogP) is 4.50. The summed E-state index contributed by atoms with van der Waals surface area (Å²) in [6.07, 6.45) is 8.35. The maximum Gasteiger partial charge on any atom is 0.255 e. The van der Waals surface area contributed by atoms with Crippen molar-refractivity contribution in [2.24, 2.45) is 0 Å². The van der Waals surface area contributed by atoms with Gasteiger partial charge in [0.2, 0.25) is 5.91 Å². The van der Waals surface area contributed by atoms with Gasteiger partial charge >= 0.3 is 0 Å². The lowest BCUT2D eigenvalue weighted by atomic mass is 10.0. The number of hydrogen-bond donors (Lipinski definition) is 2. The molecule has 0 atom stereocenters. The molecule has 0 aliphatic heterocycles. The quantitative estimate of drug-likeness (QED) is 0.442. The van der Waals surface area contributed by atoms with Crippen LogP contribution in [0.25, 0.3) is 22.5 Å². The lowest BCUT2D eigenvalue weighted by molar-refractivity contribution is -0.114. The van der Waals surface area contributed by atoms with Crippen LogP contribution in [0.1, 0.15) is 42.7 Å². The Kier molecular flexibility index (Phi) is 6.44. The average Bonchev–Trinajstić information content (AvgIpc) is 3.28. The smallest absolute Gasteiger partial charge is 0.255 e. The van der Waals surface area contributed by atoms with Crippen LogP contribution in [0.2, 0.25) is 0 Å². The summed E-state index contributed by atoms with van der Waals surface area (Å²) in [4.78, 5) is 37.5. The third-order valence-corrected chi connectivity index (χ3v) is 5.16. The molecule has 3 aromatic heterocycles. The third kappa shape index (κ3) is 5.15. The minimum atomic E-state index is -0.234. The molecular formula is C25H25N7O2. The van der Waals surface area contributed by atoms with E-state index in [0.29, 0.717) is 28.5 Å². The van der Waals surface area contributed by atoms with E-state index >= 15 is 0 Å². The number of anilines is 2. The number of carbonyl (C=O) groups is 2. The van der Waals surface area contributed by atoms with Gasteiger partial charge in [0.25, 0.3) is 5.91 Å². The van der Waals surface area contributed by atoms with Gasteiger partial charge in [-0.3, -0.25) is 19.3 Å². The first-order valence-electron chi connectivity index (χ1n) is 10.8. The largest absolute Gasteiger partial charge is 0.319 e. The third-order valence-electron chi connectivity index (χ3n) is 5.16. The Morgan fingerprint density at radius 1 is 1.00 bits per heavy atom. The van der Waals surface area contributed by atoms with E-state index in [1.54, 1.807) is 59.9 Å². The number of aryl methyl sites for hydroxylation is 1. The standard InChI is InChI=1S/C25H25N7O2/c1-15(2)32-14-20(11-28-32)30-25(34)19-6-5-16(3)21(9-19)23-13-26-12-22(31-23)18-7-8-27-24(10-18)29-17(4)33/h5-15H,1-4H3,(H,30,34)(H,27,29,33). The number of benzene rings is 1. The van der Waals surface area contributed by atoms with Crippen LogP contribution in [-0.2, 0) is 4.79 Å². The van der Waals surface area contributed by atoms with E-state index in [1.165, 1.54) is 6.92 Å². The van der Waals surface area contributed by atoms with Crippen molar-refractivity contribution in [2.75, 3.05) is 10.6 Å². The molecule has 9 heteroatoms. The molecule has 2 N–H and O–H groups in total. The highest BCUT2D eigenvalue weighted by Gasteiger charge is 2.13. The second-order valence-corrected chi connectivity index (χ2v) is 8.19. The molecule has 172 valence electrons. The second kappa shape index (κ2) is 9.62. The number of aromatic nitrogens is 5. The Labute approximate surface area is 197 Å². The summed E-state index contributed by atoms with van der Waals surface area (Å²) in [6.45, 7) is 7.43. The van der Waals surface area contributed by atoms with Crippen molar-refractivity contribution < 1.29 is 9.59 Å². The number of hydrogen-bond acceptors (Lipinski definition) is 6. The van der Waals surface area contributed by atoms with Gasteiger partial charge in [-0.1, -0.05) is 6.07 Å². The van der Waals surface area contributed by atoms with Crippen molar-refractivity contribution in [3.05, 3.63) is 72.4 Å². The van der Waals surface area contributed by atoms with Crippen LogP contribution in [0.3, 0.4) is 0 Å². The monoisotopic (exact) mass is 455 g/mol. The van der Waals surface area contributed by atoms with Crippen LogP contribution < -0.4 is 10.6 Å². The van der Waals surface area contributed by atoms with Gasteiger partial charge in [0.15, 0.2) is 0 Å². The Hall–Kier alpha value is -4.40. The average molecular weight is 456 g/mol. The van der Waals surface area contributed by atoms with Crippen LogP contribution in [0.5, 0.6) is 0 Å². The predicted molar refractivity (Wildman–Crippen MR) is 130 cm³/mol. The highest BCUT2D eigenvalue weighted by atomic mass is 16.2. The first kappa shape index (κ1) is 22.8. The van der Waals surface area contributed by atoms with Crippen LogP contribution in [0.15, 0.2) is 61.3 Å². The summed E-state index contributed by atoms with van der Waals surface area (Å²) >= 11 is 0. The van der Waals surface area contributed by atoms with Crippen molar-refractivity contribution in [1.82, 2.24) is 24.7 Å². The van der Waals surface area contributed by atoms with E-state index in [2.05, 4.69) is 25.7 Å². The second-order valence-electron chi connectivity index (χ2n) is 8.19. The van der Waals surface area contributed by atoms with Gasteiger partial charge in [-0.05, 0) is 50.6 Å². The van der Waals surface area contributed by atoms with Crippen molar-refractivity contribution in [3.8, 4) is 22.5 Å². The van der Waals surface area contributed by atoms with Crippen molar-refractivity contribution in [2.45, 2.75) is 33.7 Å². The molecule has 0 spiro atoms. The van der Waals surface area contributed by atoms with Gasteiger partial charge < -0.3 is 10.6 Å². The van der Waals surface area contributed by atoms with E-state index in [9.17, 15) is 9.59 Å². The summed E-state index contributed by atoms with van der Waals surface area (Å²) in [5.74, 6) is 0.00217. The summed E-state index contributed by atoms with van der Waals surface area (Å²) in [5, 5.41) is 9.82. The summed E-state index contributed by atoms with van der Waals surface area (Å²) in [7, 11) is 0. The fourth-order valence-electron chi connectivity index (χ4n) is 3.40. The number of pyridine rings is 1. The Bertz CT molecular complexity index is 1360. The number of nitrogens with one attached hydrogen (secondary N) is 2. The van der Waals surface area contributed by atoms with Crippen LogP contribution >= 0.6 is 0 Å². The molecule has 0 unspecified atom stereocenters. The first-order chi connectivity index (χ1) is 16.3. The minimum absolute atomic E-state index is 0.202. The van der Waals surface area contributed by atoms with Crippen molar-refractivity contribution >= 4 is 23.3 Å². The normalized spacial score (nSPS) is 10.9. The first-order valence-corrected chi connectivity index (χ1v) is 10.8. The van der Waals surface area contributed by atoms with Gasteiger partial charge in [-0.2, -0.15) is 5.10 Å². The molecule has 4 rings (SSSR count). The molecule has 4 aromatic rings. The van der Waals surface area contributed by atoms with E-state index in [-0.39, 0.29) is 17.9 Å². The molecule has 0 saturated carbocycles. The van der Waals surface area contributed by atoms with Crippen LogP contribution in [0.4, 0.5) is 11.5 Å². The number of rotatable bonds is 6. The van der Waals surface area contributed by atoms with Gasteiger partial charge in [0, 0.05) is 42.0 Å². The molecule has 0 saturated heterocycles. The fourth-order valence-corrected chi connectivity index (χ4v) is 3.40. The van der Waals surface area contributed by atoms with Crippen molar-refractivity contribution in [3.63, 3.8) is 0 Å². The molecule has 3 heterocycles. The lowest BCUT2D eigenvalue weighted by Gasteiger charge is -2.10. The van der Waals surface area contributed by atoms with Gasteiger partial charge in [0.05, 0.1) is 35.7 Å². The molecule has 34 heavy (non-hydrogen) atoms. The Balaban J connectivity index is 1.62. The molecule has 0 fully saturated rings. The topological polar surface area (TPSA) is 115 Å². The zero-order valence-corrected chi connectivity index (χ0v) is 19.4. The number of amides is 2. The van der Waals surface area contributed by atoms with E-state index in [0.717, 1.165) is 16.7 Å². The van der Waals surface area contributed by atoms with Gasteiger partial charge in [-0.15, -0.1) is 0 Å². The highest BCUT2D eigenvalue weighted by Crippen LogP contribution is 2.26. The Morgan fingerprint density at radius 2 is 1.79 bits per heavy atom. The van der Waals surface area contributed by atoms with Gasteiger partial charge in [-0.25, -0.2) is 9.97 Å².